The largest absolute Gasteiger partial charge is 0.464 e. The number of hydrogen-bond donors (Lipinski definition) is 2. The zero-order valence-electron chi connectivity index (χ0n) is 11.6. The highest BCUT2D eigenvalue weighted by atomic mass is 79.9. The fraction of sp³-hybridized carbons (Fsp3) is 0.545. The van der Waals surface area contributed by atoms with Gasteiger partial charge in [0.15, 0.2) is 11.4 Å². The quantitative estimate of drug-likeness (QED) is 0.580. The number of hydrogen-bond acceptors (Lipinski definition) is 5. The Labute approximate surface area is 137 Å². The van der Waals surface area contributed by atoms with E-state index in [0.717, 1.165) is 7.05 Å². The van der Waals surface area contributed by atoms with E-state index >= 15 is 0 Å². The van der Waals surface area contributed by atoms with Gasteiger partial charge in [-0.05, 0) is 22.9 Å². The van der Waals surface area contributed by atoms with Crippen LogP contribution < -0.4 is 5.32 Å². The highest BCUT2D eigenvalue weighted by molar-refractivity contribution is 9.10. The fourth-order valence-electron chi connectivity index (χ4n) is 1.60. The third-order valence-corrected chi connectivity index (χ3v) is 3.65. The van der Waals surface area contributed by atoms with Gasteiger partial charge in [-0.2, -0.15) is 30.9 Å². The number of amides is 1. The molecule has 1 N–H and O–H groups in total. The Morgan fingerprint density at radius 3 is 2.50 bits per heavy atom. The van der Waals surface area contributed by atoms with Crippen molar-refractivity contribution in [2.45, 2.75) is 19.1 Å². The lowest BCUT2D eigenvalue weighted by Crippen LogP contribution is -2.43. The Bertz CT molecular complexity index is 577. The molecule has 0 spiro atoms. The number of aromatic nitrogens is 2. The topological polar surface area (TPSA) is 73.2 Å². The van der Waals surface area contributed by atoms with Gasteiger partial charge in [0, 0.05) is 12.8 Å². The molecule has 0 unspecified atom stereocenters. The number of aryl methyl sites for hydroxylation is 1. The van der Waals surface area contributed by atoms with Crippen molar-refractivity contribution < 1.29 is 27.5 Å². The molecular formula is C11H13BrF3N3O3S. The van der Waals surface area contributed by atoms with Crippen LogP contribution in [0.1, 0.15) is 23.1 Å². The van der Waals surface area contributed by atoms with E-state index in [-0.39, 0.29) is 12.4 Å². The molecule has 0 saturated heterocycles. The molecule has 0 aliphatic heterocycles. The second kappa shape index (κ2) is 7.36. The Morgan fingerprint density at radius 2 is 2.09 bits per heavy atom. The summed E-state index contributed by atoms with van der Waals surface area (Å²) in [5.41, 5.74) is -1.58. The van der Waals surface area contributed by atoms with Crippen LogP contribution in [0.25, 0.3) is 0 Å². The number of halogens is 4. The third kappa shape index (κ3) is 4.15. The van der Waals surface area contributed by atoms with E-state index in [4.69, 9.17) is 4.74 Å². The van der Waals surface area contributed by atoms with E-state index in [1.165, 1.54) is 0 Å². The molecular weight excluding hydrogens is 391 g/mol. The monoisotopic (exact) mass is 403 g/mol. The molecule has 0 aliphatic rings. The molecule has 0 aromatic carbocycles. The summed E-state index contributed by atoms with van der Waals surface area (Å²) in [6.07, 6.45) is -4.68. The van der Waals surface area contributed by atoms with Gasteiger partial charge >= 0.3 is 12.1 Å². The van der Waals surface area contributed by atoms with Crippen molar-refractivity contribution in [3.8, 4) is 0 Å². The standard InChI is InChI=1S/C11H13BrF3N3O3S/c1-3-21-10(20)5(4-22)16-9(19)7-6(12)8(11(13,14)15)18(2)17-7/h5,22H,3-4H2,1-2H3,(H,16,19)/t5-/m0/s1. The maximum atomic E-state index is 12.8. The van der Waals surface area contributed by atoms with Crippen LogP contribution in [0.15, 0.2) is 4.47 Å². The lowest BCUT2D eigenvalue weighted by atomic mass is 10.3. The van der Waals surface area contributed by atoms with Crippen LogP contribution in [0.5, 0.6) is 0 Å². The molecule has 0 fully saturated rings. The molecule has 11 heteroatoms. The summed E-state index contributed by atoms with van der Waals surface area (Å²) < 4.78 is 43.3. The van der Waals surface area contributed by atoms with Crippen LogP contribution in [0.2, 0.25) is 0 Å². The first kappa shape index (κ1) is 18.8. The van der Waals surface area contributed by atoms with Gasteiger partial charge in [-0.25, -0.2) is 4.79 Å². The SMILES string of the molecule is CCOC(=O)[C@H](CS)NC(=O)c1nn(C)c(C(F)(F)F)c1Br. The number of thiol groups is 1. The van der Waals surface area contributed by atoms with E-state index in [2.05, 4.69) is 39.0 Å². The second-order valence-electron chi connectivity index (χ2n) is 4.09. The average Bonchev–Trinajstić information content (AvgIpc) is 2.70. The summed E-state index contributed by atoms with van der Waals surface area (Å²) in [4.78, 5) is 23.6. The lowest BCUT2D eigenvalue weighted by Gasteiger charge is -2.14. The Hall–Kier alpha value is -1.23. The van der Waals surface area contributed by atoms with Crippen LogP contribution in [-0.4, -0.2) is 40.1 Å². The summed E-state index contributed by atoms with van der Waals surface area (Å²) in [5.74, 6) is -1.74. The lowest BCUT2D eigenvalue weighted by molar-refractivity contribution is -0.145. The van der Waals surface area contributed by atoms with Crippen LogP contribution >= 0.6 is 28.6 Å². The number of rotatable bonds is 5. The number of carbonyl (C=O) groups is 2. The number of nitrogens with zero attached hydrogens (tertiary/aromatic N) is 2. The van der Waals surface area contributed by atoms with Crippen LogP contribution in [0.3, 0.4) is 0 Å². The normalized spacial score (nSPS) is 12.9. The molecule has 0 saturated carbocycles. The van der Waals surface area contributed by atoms with E-state index in [1.54, 1.807) is 6.92 Å². The van der Waals surface area contributed by atoms with Gasteiger partial charge < -0.3 is 10.1 Å². The molecule has 1 aromatic rings. The highest BCUT2D eigenvalue weighted by Crippen LogP contribution is 2.36. The van der Waals surface area contributed by atoms with Gasteiger partial charge in [0.25, 0.3) is 5.91 Å². The fourth-order valence-corrected chi connectivity index (χ4v) is 2.58. The number of carbonyl (C=O) groups excluding carboxylic acids is 2. The molecule has 124 valence electrons. The van der Waals surface area contributed by atoms with Crippen LogP contribution in [0.4, 0.5) is 13.2 Å². The molecule has 22 heavy (non-hydrogen) atoms. The van der Waals surface area contributed by atoms with Gasteiger partial charge in [0.2, 0.25) is 0 Å². The molecule has 0 aliphatic carbocycles. The molecule has 1 atom stereocenters. The van der Waals surface area contributed by atoms with E-state index in [1.807, 2.05) is 0 Å². The number of ether oxygens (including phenoxy) is 1. The van der Waals surface area contributed by atoms with Crippen molar-refractivity contribution in [1.29, 1.82) is 0 Å². The molecule has 1 aromatic heterocycles. The van der Waals surface area contributed by atoms with Crippen molar-refractivity contribution in [3.05, 3.63) is 15.9 Å². The summed E-state index contributed by atoms with van der Waals surface area (Å²) >= 11 is 6.62. The zero-order chi connectivity index (χ0) is 17.1. The van der Waals surface area contributed by atoms with Gasteiger partial charge in [-0.1, -0.05) is 0 Å². The van der Waals surface area contributed by atoms with Gasteiger partial charge in [0.05, 0.1) is 11.1 Å². The predicted octanol–water partition coefficient (Wildman–Crippen LogP) is 1.79. The van der Waals surface area contributed by atoms with Gasteiger partial charge in [-0.3, -0.25) is 9.48 Å². The van der Waals surface area contributed by atoms with Gasteiger partial charge in [-0.15, -0.1) is 0 Å². The van der Waals surface area contributed by atoms with Crippen molar-refractivity contribution >= 4 is 40.4 Å². The van der Waals surface area contributed by atoms with E-state index < -0.39 is 40.0 Å². The molecule has 0 bridgehead atoms. The second-order valence-corrected chi connectivity index (χ2v) is 5.25. The minimum Gasteiger partial charge on any atom is -0.464 e. The van der Waals surface area contributed by atoms with Crippen LogP contribution in [0, 0.1) is 0 Å². The third-order valence-electron chi connectivity index (χ3n) is 2.53. The van der Waals surface area contributed by atoms with Crippen molar-refractivity contribution in [2.24, 2.45) is 7.05 Å². The van der Waals surface area contributed by atoms with E-state index in [0.29, 0.717) is 4.68 Å². The summed E-state index contributed by atoms with van der Waals surface area (Å²) in [7, 11) is 1.06. The van der Waals surface area contributed by atoms with Crippen molar-refractivity contribution in [1.82, 2.24) is 15.1 Å². The number of esters is 1. The maximum absolute atomic E-state index is 12.8. The van der Waals surface area contributed by atoms with E-state index in [9.17, 15) is 22.8 Å². The van der Waals surface area contributed by atoms with Crippen LogP contribution in [-0.2, 0) is 22.8 Å². The molecule has 6 nitrogen and oxygen atoms in total. The Morgan fingerprint density at radius 1 is 1.50 bits per heavy atom. The van der Waals surface area contributed by atoms with Gasteiger partial charge in [0.1, 0.15) is 6.04 Å². The molecule has 1 rings (SSSR count). The maximum Gasteiger partial charge on any atom is 0.434 e. The molecule has 0 radical (unpaired) electrons. The van der Waals surface area contributed by atoms with Crippen molar-refractivity contribution in [3.63, 3.8) is 0 Å². The predicted molar refractivity (Wildman–Crippen MR) is 77.7 cm³/mol. The first-order valence-corrected chi connectivity index (χ1v) is 7.44. The first-order valence-electron chi connectivity index (χ1n) is 6.01. The smallest absolute Gasteiger partial charge is 0.434 e. The average molecular weight is 404 g/mol. The summed E-state index contributed by atoms with van der Waals surface area (Å²) in [6, 6.07) is -1.08. The number of nitrogens with one attached hydrogen (secondary N) is 1. The summed E-state index contributed by atoms with van der Waals surface area (Å²) in [6.45, 7) is 1.69. The molecule has 1 heterocycles. The first-order chi connectivity index (χ1) is 10.1. The Balaban J connectivity index is 3.02. The number of alkyl halides is 3. The Kier molecular flexibility index (Phi) is 6.29. The minimum absolute atomic E-state index is 0.0683. The summed E-state index contributed by atoms with van der Waals surface area (Å²) in [5, 5.41) is 5.77. The minimum atomic E-state index is -4.68. The highest BCUT2D eigenvalue weighted by Gasteiger charge is 2.40. The zero-order valence-corrected chi connectivity index (χ0v) is 14.1. The van der Waals surface area contributed by atoms with Crippen molar-refractivity contribution in [2.75, 3.05) is 12.4 Å². The molecule has 1 amide bonds.